The van der Waals surface area contributed by atoms with Crippen LogP contribution in [0.5, 0.6) is 17.2 Å². The summed E-state index contributed by atoms with van der Waals surface area (Å²) >= 11 is 0. The molecule has 0 heterocycles. The average Bonchev–Trinajstić information content (AvgIpc) is 2.99. The van der Waals surface area contributed by atoms with E-state index < -0.39 is 22.0 Å². The topological polar surface area (TPSA) is 94.2 Å². The van der Waals surface area contributed by atoms with Crippen LogP contribution in [0.1, 0.15) is 34.5 Å². The molecule has 40 heavy (non-hydrogen) atoms. The quantitative estimate of drug-likeness (QED) is 0.257. The Morgan fingerprint density at radius 2 is 1.43 bits per heavy atom. The second-order valence-electron chi connectivity index (χ2n) is 8.99. The first-order chi connectivity index (χ1) is 19.3. The number of hydrogen-bond donors (Lipinski definition) is 1. The summed E-state index contributed by atoms with van der Waals surface area (Å²) in [5.74, 6) is 1.32. The van der Waals surface area contributed by atoms with Gasteiger partial charge in [0.1, 0.15) is 17.2 Å². The minimum absolute atomic E-state index is 0.0265. The molecule has 1 N–H and O–H groups in total. The molecule has 4 aromatic carbocycles. The van der Waals surface area contributed by atoms with Gasteiger partial charge in [0.05, 0.1) is 50.1 Å². The number of carbonyl (C=O) groups is 1. The molecule has 0 saturated heterocycles. The van der Waals surface area contributed by atoms with Gasteiger partial charge in [-0.3, -0.25) is 9.10 Å². The highest BCUT2D eigenvalue weighted by atomic mass is 32.2. The molecule has 4 rings (SSSR count). The number of anilines is 1. The van der Waals surface area contributed by atoms with Crippen LogP contribution in [-0.2, 0) is 16.6 Å². The third-order valence-electron chi connectivity index (χ3n) is 6.48. The van der Waals surface area contributed by atoms with Crippen LogP contribution >= 0.6 is 0 Å². The van der Waals surface area contributed by atoms with E-state index in [1.165, 1.54) is 23.5 Å². The molecule has 4 aromatic rings. The zero-order valence-corrected chi connectivity index (χ0v) is 23.6. The van der Waals surface area contributed by atoms with E-state index in [1.807, 2.05) is 37.3 Å². The Hall–Kier alpha value is -4.50. The molecule has 0 aliphatic carbocycles. The highest BCUT2D eigenvalue weighted by Crippen LogP contribution is 2.32. The molecule has 9 heteroatoms. The number of methoxy groups -OCH3 is 3. The Balaban J connectivity index is 1.74. The number of hydrogen-bond acceptors (Lipinski definition) is 6. The molecule has 0 radical (unpaired) electrons. The van der Waals surface area contributed by atoms with Gasteiger partial charge < -0.3 is 19.5 Å². The van der Waals surface area contributed by atoms with Gasteiger partial charge in [0.25, 0.3) is 15.9 Å². The molecule has 0 aliphatic heterocycles. The predicted octanol–water partition coefficient (Wildman–Crippen LogP) is 5.60. The van der Waals surface area contributed by atoms with Gasteiger partial charge in [-0.15, -0.1) is 0 Å². The van der Waals surface area contributed by atoms with E-state index in [9.17, 15) is 13.2 Å². The second-order valence-corrected chi connectivity index (χ2v) is 10.9. The van der Waals surface area contributed by atoms with Crippen molar-refractivity contribution < 1.29 is 27.4 Å². The summed E-state index contributed by atoms with van der Waals surface area (Å²) in [4.78, 5) is 13.8. The highest BCUT2D eigenvalue weighted by Gasteiger charge is 2.29. The average molecular weight is 561 g/mol. The van der Waals surface area contributed by atoms with Gasteiger partial charge in [-0.2, -0.15) is 0 Å². The molecule has 1 amide bonds. The Labute approximate surface area is 235 Å². The van der Waals surface area contributed by atoms with E-state index in [1.54, 1.807) is 68.8 Å². The van der Waals surface area contributed by atoms with Gasteiger partial charge in [-0.1, -0.05) is 42.5 Å². The number of rotatable bonds is 11. The van der Waals surface area contributed by atoms with Crippen molar-refractivity contribution in [1.29, 1.82) is 0 Å². The van der Waals surface area contributed by atoms with Gasteiger partial charge in [0.2, 0.25) is 0 Å². The van der Waals surface area contributed by atoms with Gasteiger partial charge in [-0.25, -0.2) is 8.42 Å². The molecule has 0 saturated carbocycles. The summed E-state index contributed by atoms with van der Waals surface area (Å²) in [5, 5.41) is 2.99. The van der Waals surface area contributed by atoms with E-state index >= 15 is 0 Å². The maximum absolute atomic E-state index is 14.0. The summed E-state index contributed by atoms with van der Waals surface area (Å²) in [6.45, 7) is 1.85. The maximum atomic E-state index is 14.0. The summed E-state index contributed by atoms with van der Waals surface area (Å²) in [5.41, 5.74) is 1.96. The molecule has 0 aliphatic rings. The Bertz CT molecular complexity index is 1560. The van der Waals surface area contributed by atoms with E-state index in [-0.39, 0.29) is 22.7 Å². The van der Waals surface area contributed by atoms with Crippen molar-refractivity contribution in [3.63, 3.8) is 0 Å². The number of nitrogens with zero attached hydrogens (tertiary/aromatic N) is 1. The van der Waals surface area contributed by atoms with Gasteiger partial charge in [-0.05, 0) is 67.1 Å². The fourth-order valence-corrected chi connectivity index (χ4v) is 5.81. The number of carbonyl (C=O) groups excluding carboxylic acids is 1. The minimum atomic E-state index is -4.07. The van der Waals surface area contributed by atoms with Gasteiger partial charge in [0, 0.05) is 5.56 Å². The lowest BCUT2D eigenvalue weighted by atomic mass is 10.1. The SMILES string of the molecule is COc1ccc(S(=O)(=O)N(Cc2ccccc2)c2ccccc2C(=O)NC(C)c2cc(OC)ccc2OC)cc1. The lowest BCUT2D eigenvalue weighted by molar-refractivity contribution is 0.0940. The van der Waals surface area contributed by atoms with E-state index in [2.05, 4.69) is 5.32 Å². The lowest BCUT2D eigenvalue weighted by Gasteiger charge is -2.27. The number of sulfonamides is 1. The fraction of sp³-hybridized carbons (Fsp3) is 0.194. The minimum Gasteiger partial charge on any atom is -0.497 e. The number of ether oxygens (including phenoxy) is 3. The number of nitrogens with one attached hydrogen (secondary N) is 1. The van der Waals surface area contributed by atoms with Crippen LogP contribution in [0.25, 0.3) is 0 Å². The van der Waals surface area contributed by atoms with Crippen LogP contribution in [0.2, 0.25) is 0 Å². The van der Waals surface area contributed by atoms with Crippen LogP contribution in [0, 0.1) is 0 Å². The van der Waals surface area contributed by atoms with Crippen molar-refractivity contribution in [3.05, 3.63) is 114 Å². The summed E-state index contributed by atoms with van der Waals surface area (Å²) in [6.07, 6.45) is 0. The zero-order chi connectivity index (χ0) is 28.7. The highest BCUT2D eigenvalue weighted by molar-refractivity contribution is 7.92. The zero-order valence-electron chi connectivity index (χ0n) is 22.8. The summed E-state index contributed by atoms with van der Waals surface area (Å²) in [7, 11) is 0.565. The molecule has 0 fully saturated rings. The first-order valence-corrected chi connectivity index (χ1v) is 14.0. The van der Waals surface area contributed by atoms with Gasteiger partial charge >= 0.3 is 0 Å². The van der Waals surface area contributed by atoms with Crippen molar-refractivity contribution >= 4 is 21.6 Å². The number of benzene rings is 4. The number of para-hydroxylation sites is 1. The van der Waals surface area contributed by atoms with Crippen molar-refractivity contribution in [1.82, 2.24) is 5.32 Å². The van der Waals surface area contributed by atoms with Crippen LogP contribution in [0.4, 0.5) is 5.69 Å². The molecular formula is C31H32N2O6S. The first-order valence-electron chi connectivity index (χ1n) is 12.6. The van der Waals surface area contributed by atoms with Crippen LogP contribution < -0.4 is 23.8 Å². The lowest BCUT2D eigenvalue weighted by Crippen LogP contribution is -2.34. The summed E-state index contributed by atoms with van der Waals surface area (Å²) < 4.78 is 45.4. The van der Waals surface area contributed by atoms with Crippen molar-refractivity contribution in [2.75, 3.05) is 25.6 Å². The maximum Gasteiger partial charge on any atom is 0.264 e. The molecule has 0 aromatic heterocycles. The third kappa shape index (κ3) is 6.21. The third-order valence-corrected chi connectivity index (χ3v) is 8.26. The Morgan fingerprint density at radius 1 is 0.800 bits per heavy atom. The molecule has 8 nitrogen and oxygen atoms in total. The normalized spacial score (nSPS) is 11.8. The van der Waals surface area contributed by atoms with Crippen LogP contribution in [0.3, 0.4) is 0 Å². The smallest absolute Gasteiger partial charge is 0.264 e. The van der Waals surface area contributed by atoms with Crippen molar-refractivity contribution in [3.8, 4) is 17.2 Å². The first kappa shape index (κ1) is 28.5. The van der Waals surface area contributed by atoms with Crippen molar-refractivity contribution in [2.45, 2.75) is 24.4 Å². The molecule has 0 bridgehead atoms. The predicted molar refractivity (Wildman–Crippen MR) is 155 cm³/mol. The van der Waals surface area contributed by atoms with E-state index in [4.69, 9.17) is 14.2 Å². The largest absolute Gasteiger partial charge is 0.497 e. The second kappa shape index (κ2) is 12.6. The Morgan fingerprint density at radius 3 is 2.08 bits per heavy atom. The van der Waals surface area contributed by atoms with E-state index in [0.29, 0.717) is 17.2 Å². The number of amides is 1. The van der Waals surface area contributed by atoms with Crippen molar-refractivity contribution in [2.24, 2.45) is 0 Å². The summed E-state index contributed by atoms with van der Waals surface area (Å²) in [6, 6.07) is 26.9. The molecule has 208 valence electrons. The fourth-order valence-electron chi connectivity index (χ4n) is 4.34. The van der Waals surface area contributed by atoms with Crippen LogP contribution in [0.15, 0.2) is 102 Å². The molecule has 1 atom stereocenters. The molecule has 1 unspecified atom stereocenters. The monoisotopic (exact) mass is 560 g/mol. The van der Waals surface area contributed by atoms with Crippen LogP contribution in [-0.4, -0.2) is 35.7 Å². The standard InChI is InChI=1S/C31H32N2O6S/c1-22(28-20-25(38-3)16-19-30(28)39-4)32-31(34)27-12-8-9-13-29(27)33(21-23-10-6-5-7-11-23)40(35,36)26-17-14-24(37-2)15-18-26/h5-20,22H,21H2,1-4H3,(H,32,34). The Kier molecular flexibility index (Phi) is 8.96. The molecule has 0 spiro atoms. The molecular weight excluding hydrogens is 528 g/mol. The van der Waals surface area contributed by atoms with Gasteiger partial charge in [0.15, 0.2) is 0 Å². The van der Waals surface area contributed by atoms with E-state index in [0.717, 1.165) is 11.1 Å².